The molecule has 1 saturated heterocycles. The van der Waals surface area contributed by atoms with Gasteiger partial charge in [0.1, 0.15) is 0 Å². The quantitative estimate of drug-likeness (QED) is 0.821. The van der Waals surface area contributed by atoms with Crippen LogP contribution < -0.4 is 4.72 Å². The number of aromatic nitrogens is 1. The van der Waals surface area contributed by atoms with Crippen LogP contribution in [-0.4, -0.2) is 49.6 Å². The highest BCUT2D eigenvalue weighted by Gasteiger charge is 2.25. The summed E-state index contributed by atoms with van der Waals surface area (Å²) in [4.78, 5) is 18.0. The molecule has 0 aliphatic carbocycles. The van der Waals surface area contributed by atoms with Gasteiger partial charge in [-0.05, 0) is 43.0 Å². The summed E-state index contributed by atoms with van der Waals surface area (Å²) in [6, 6.07) is 3.56. The van der Waals surface area contributed by atoms with Gasteiger partial charge in [0.15, 0.2) is 0 Å². The highest BCUT2D eigenvalue weighted by molar-refractivity contribution is 7.88. The molecule has 0 spiro atoms. The van der Waals surface area contributed by atoms with Crippen LogP contribution >= 0.6 is 0 Å². The third-order valence-electron chi connectivity index (χ3n) is 3.62. The second-order valence-electron chi connectivity index (χ2n) is 5.42. The van der Waals surface area contributed by atoms with Crippen molar-refractivity contribution in [2.75, 3.05) is 19.3 Å². The number of pyridine rings is 1. The summed E-state index contributed by atoms with van der Waals surface area (Å²) < 4.78 is 24.9. The topological polar surface area (TPSA) is 79.4 Å². The minimum Gasteiger partial charge on any atom is -0.335 e. The van der Waals surface area contributed by atoms with Crippen molar-refractivity contribution in [2.24, 2.45) is 0 Å². The monoisotopic (exact) mass is 323 g/mol. The number of hydrogen-bond acceptors (Lipinski definition) is 4. The molecule has 1 aromatic rings. The fraction of sp³-hybridized carbons (Fsp3) is 0.467. The zero-order valence-corrected chi connectivity index (χ0v) is 13.4. The molecule has 1 aromatic heterocycles. The largest absolute Gasteiger partial charge is 0.335 e. The molecule has 1 fully saturated rings. The van der Waals surface area contributed by atoms with Gasteiger partial charge in [0.2, 0.25) is 15.9 Å². The van der Waals surface area contributed by atoms with E-state index in [9.17, 15) is 13.2 Å². The predicted octanol–water partition coefficient (Wildman–Crippen LogP) is 1.03. The molecule has 1 atom stereocenters. The summed E-state index contributed by atoms with van der Waals surface area (Å²) in [5.41, 5.74) is 0.908. The Balaban J connectivity index is 2.00. The van der Waals surface area contributed by atoms with Gasteiger partial charge < -0.3 is 4.90 Å². The number of carbonyl (C=O) groups excluding carboxylic acids is 1. The first-order valence-corrected chi connectivity index (χ1v) is 9.18. The minimum absolute atomic E-state index is 0.0851. The molecule has 1 amide bonds. The summed E-state index contributed by atoms with van der Waals surface area (Å²) in [7, 11) is -3.24. The normalized spacial score (nSPS) is 19.5. The number of sulfonamides is 1. The van der Waals surface area contributed by atoms with E-state index in [-0.39, 0.29) is 18.5 Å². The molecule has 0 aromatic carbocycles. The fourth-order valence-corrected chi connectivity index (χ4v) is 2.98. The van der Waals surface area contributed by atoms with Gasteiger partial charge in [-0.15, -0.1) is 0 Å². The van der Waals surface area contributed by atoms with Gasteiger partial charge in [-0.25, -0.2) is 13.1 Å². The second-order valence-corrected chi connectivity index (χ2v) is 7.25. The lowest BCUT2D eigenvalue weighted by Gasteiger charge is -2.35. The lowest BCUT2D eigenvalue weighted by Crippen LogP contribution is -2.48. The molecule has 0 radical (unpaired) electrons. The molecule has 2 rings (SSSR count). The van der Waals surface area contributed by atoms with Gasteiger partial charge in [0.25, 0.3) is 0 Å². The van der Waals surface area contributed by atoms with Crippen LogP contribution in [0.2, 0.25) is 0 Å². The van der Waals surface area contributed by atoms with Crippen LogP contribution in [0.3, 0.4) is 0 Å². The molecule has 2 heterocycles. The van der Waals surface area contributed by atoms with Crippen molar-refractivity contribution in [3.63, 3.8) is 0 Å². The smallest absolute Gasteiger partial charge is 0.246 e. The van der Waals surface area contributed by atoms with Crippen molar-refractivity contribution < 1.29 is 13.2 Å². The van der Waals surface area contributed by atoms with Crippen molar-refractivity contribution in [1.29, 1.82) is 0 Å². The first kappa shape index (κ1) is 16.6. The van der Waals surface area contributed by atoms with E-state index in [2.05, 4.69) is 9.71 Å². The summed E-state index contributed by atoms with van der Waals surface area (Å²) in [5.74, 6) is -0.0863. The van der Waals surface area contributed by atoms with Crippen molar-refractivity contribution in [3.8, 4) is 0 Å². The Labute approximate surface area is 131 Å². The number of carbonyl (C=O) groups is 1. The Bertz CT molecular complexity index is 629. The Kier molecular flexibility index (Phi) is 5.68. The lowest BCUT2D eigenvalue weighted by molar-refractivity contribution is -0.129. The van der Waals surface area contributed by atoms with Crippen molar-refractivity contribution in [3.05, 3.63) is 36.2 Å². The molecule has 22 heavy (non-hydrogen) atoms. The molecule has 0 unspecified atom stereocenters. The van der Waals surface area contributed by atoms with E-state index in [1.807, 2.05) is 12.1 Å². The van der Waals surface area contributed by atoms with Gasteiger partial charge in [-0.1, -0.05) is 0 Å². The number of amides is 1. The van der Waals surface area contributed by atoms with E-state index in [4.69, 9.17) is 0 Å². The Morgan fingerprint density at radius 2 is 2.14 bits per heavy atom. The van der Waals surface area contributed by atoms with Gasteiger partial charge in [-0.2, -0.15) is 0 Å². The van der Waals surface area contributed by atoms with E-state index >= 15 is 0 Å². The highest BCUT2D eigenvalue weighted by Crippen LogP contribution is 2.17. The zero-order chi connectivity index (χ0) is 16.0. The van der Waals surface area contributed by atoms with Crippen molar-refractivity contribution >= 4 is 22.0 Å². The summed E-state index contributed by atoms with van der Waals surface area (Å²) in [6.07, 6.45) is 10.5. The predicted molar refractivity (Wildman–Crippen MR) is 85.5 cm³/mol. The summed E-state index contributed by atoms with van der Waals surface area (Å²) >= 11 is 0. The van der Waals surface area contributed by atoms with Crippen molar-refractivity contribution in [2.45, 2.75) is 25.3 Å². The van der Waals surface area contributed by atoms with Crippen LogP contribution in [0.1, 0.15) is 24.8 Å². The van der Waals surface area contributed by atoms with Crippen LogP contribution in [-0.2, 0) is 14.8 Å². The number of hydrogen-bond donors (Lipinski definition) is 1. The van der Waals surface area contributed by atoms with Crippen LogP contribution in [0.25, 0.3) is 6.08 Å². The standard InChI is InChI=1S/C15H21N3O3S/c1-22(20,21)17-12-14-4-2-3-11-18(14)15(19)6-5-13-7-9-16-10-8-13/h5-10,14,17H,2-4,11-12H2,1H3/b6-5+/t14-/m0/s1. The maximum atomic E-state index is 12.4. The lowest BCUT2D eigenvalue weighted by atomic mass is 10.0. The molecular formula is C15H21N3O3S. The molecule has 120 valence electrons. The molecular weight excluding hydrogens is 302 g/mol. The van der Waals surface area contributed by atoms with E-state index in [1.54, 1.807) is 23.4 Å². The van der Waals surface area contributed by atoms with Crippen LogP contribution in [0, 0.1) is 0 Å². The Morgan fingerprint density at radius 3 is 2.82 bits per heavy atom. The maximum Gasteiger partial charge on any atom is 0.246 e. The van der Waals surface area contributed by atoms with E-state index in [0.717, 1.165) is 31.1 Å². The SMILES string of the molecule is CS(=O)(=O)NC[C@@H]1CCCCN1C(=O)/C=C/c1ccncc1. The average molecular weight is 323 g/mol. The molecule has 1 aliphatic rings. The molecule has 7 heteroatoms. The van der Waals surface area contributed by atoms with Crippen LogP contribution in [0.4, 0.5) is 0 Å². The number of nitrogens with one attached hydrogen (secondary N) is 1. The minimum atomic E-state index is -3.24. The molecule has 1 aliphatic heterocycles. The number of rotatable bonds is 5. The van der Waals surface area contributed by atoms with Crippen LogP contribution in [0.15, 0.2) is 30.6 Å². The van der Waals surface area contributed by atoms with E-state index < -0.39 is 10.0 Å². The van der Waals surface area contributed by atoms with Gasteiger partial charge >= 0.3 is 0 Å². The van der Waals surface area contributed by atoms with E-state index in [1.165, 1.54) is 6.08 Å². The molecule has 0 saturated carbocycles. The average Bonchev–Trinajstić information content (AvgIpc) is 2.51. The van der Waals surface area contributed by atoms with Crippen molar-refractivity contribution in [1.82, 2.24) is 14.6 Å². The Morgan fingerprint density at radius 1 is 1.41 bits per heavy atom. The van der Waals surface area contributed by atoms with Crippen LogP contribution in [0.5, 0.6) is 0 Å². The Hall–Kier alpha value is -1.73. The third kappa shape index (κ3) is 5.23. The summed E-state index contributed by atoms with van der Waals surface area (Å²) in [6.45, 7) is 0.934. The zero-order valence-electron chi connectivity index (χ0n) is 12.6. The van der Waals surface area contributed by atoms with Gasteiger partial charge in [0.05, 0.1) is 6.26 Å². The third-order valence-corrected chi connectivity index (χ3v) is 4.31. The molecule has 1 N–H and O–H groups in total. The van der Waals surface area contributed by atoms with E-state index in [0.29, 0.717) is 6.54 Å². The number of piperidine rings is 1. The first-order valence-electron chi connectivity index (χ1n) is 7.29. The fourth-order valence-electron chi connectivity index (χ4n) is 2.49. The molecule has 6 nitrogen and oxygen atoms in total. The summed E-state index contributed by atoms with van der Waals surface area (Å²) in [5, 5.41) is 0. The first-order chi connectivity index (χ1) is 10.5. The highest BCUT2D eigenvalue weighted by atomic mass is 32.2. The van der Waals surface area contributed by atoms with Gasteiger partial charge in [-0.3, -0.25) is 9.78 Å². The maximum absolute atomic E-state index is 12.4. The second kappa shape index (κ2) is 7.51. The number of nitrogens with zero attached hydrogens (tertiary/aromatic N) is 2. The van der Waals surface area contributed by atoms with Gasteiger partial charge in [0, 0.05) is 37.6 Å². The number of likely N-dealkylation sites (tertiary alicyclic amines) is 1. The molecule has 0 bridgehead atoms.